The summed E-state index contributed by atoms with van der Waals surface area (Å²) in [5.74, 6) is 2.03. The Hall–Kier alpha value is -1.52. The molecule has 0 saturated carbocycles. The van der Waals surface area contributed by atoms with E-state index in [-0.39, 0.29) is 24.0 Å². The Morgan fingerprint density at radius 1 is 1.13 bits per heavy atom. The van der Waals surface area contributed by atoms with Crippen molar-refractivity contribution in [1.29, 1.82) is 0 Å². The number of rotatable bonds is 5. The maximum Gasteiger partial charge on any atom is 0.193 e. The van der Waals surface area contributed by atoms with Gasteiger partial charge in [0.15, 0.2) is 5.96 Å². The summed E-state index contributed by atoms with van der Waals surface area (Å²) in [4.78, 5) is 13.2. The van der Waals surface area contributed by atoms with Gasteiger partial charge in [0.25, 0.3) is 0 Å². The van der Waals surface area contributed by atoms with Crippen molar-refractivity contribution in [3.8, 4) is 5.75 Å². The number of nitrogens with one attached hydrogen (secondary N) is 1. The summed E-state index contributed by atoms with van der Waals surface area (Å²) in [6.45, 7) is 8.00. The summed E-state index contributed by atoms with van der Waals surface area (Å²) >= 11 is 1.86. The second kappa shape index (κ2) is 11.9. The first-order valence-electron chi connectivity index (χ1n) is 11.0. The Bertz CT molecular complexity index is 823. The van der Waals surface area contributed by atoms with E-state index in [1.165, 1.54) is 24.3 Å². The molecule has 2 aromatic rings. The van der Waals surface area contributed by atoms with Crippen molar-refractivity contribution in [2.75, 3.05) is 57.8 Å². The fourth-order valence-electron chi connectivity index (χ4n) is 4.54. The molecule has 2 N–H and O–H groups in total. The van der Waals surface area contributed by atoms with Crippen LogP contribution in [-0.4, -0.2) is 73.7 Å². The number of likely N-dealkylation sites (tertiary alicyclic amines) is 1. The molecule has 2 aliphatic rings. The lowest BCUT2D eigenvalue weighted by Crippen LogP contribution is -2.53. The van der Waals surface area contributed by atoms with Crippen LogP contribution in [0.1, 0.15) is 17.7 Å². The summed E-state index contributed by atoms with van der Waals surface area (Å²) in [5.41, 5.74) is 0.924. The number of benzene rings is 1. The van der Waals surface area contributed by atoms with E-state index in [1.807, 2.05) is 36.6 Å². The molecule has 0 aliphatic carbocycles. The van der Waals surface area contributed by atoms with Crippen molar-refractivity contribution >= 4 is 47.0 Å². The van der Waals surface area contributed by atoms with Crippen LogP contribution >= 0.6 is 35.3 Å². The van der Waals surface area contributed by atoms with Gasteiger partial charge in [-0.15, -0.1) is 35.3 Å². The minimum atomic E-state index is 0. The van der Waals surface area contributed by atoms with Crippen LogP contribution in [0, 0.1) is 5.92 Å². The highest BCUT2D eigenvalue weighted by Crippen LogP contribution is 2.27. The van der Waals surface area contributed by atoms with Crippen molar-refractivity contribution in [2.24, 2.45) is 10.9 Å². The molecule has 6 nitrogen and oxygen atoms in total. The number of halogens is 1. The molecule has 1 atom stereocenters. The van der Waals surface area contributed by atoms with Crippen LogP contribution in [0.25, 0.3) is 0 Å². The Balaban J connectivity index is 0.00000272. The van der Waals surface area contributed by atoms with Crippen molar-refractivity contribution in [2.45, 2.75) is 19.4 Å². The maximum atomic E-state index is 10.1. The number of thiophene rings is 1. The second-order valence-electron chi connectivity index (χ2n) is 8.21. The standard InChI is InChI=1S/C23H33N5OS.HI/c1-24-23(28-13-11-27(12-14-28)21-8-2-3-9-22(21)29)25-16-19-6-4-10-26(17-19)18-20-7-5-15-30-20;/h2-3,5,7-9,15,19,29H,4,6,10-14,16-18H2,1H3,(H,24,25);1H. The van der Waals surface area contributed by atoms with Crippen LogP contribution in [-0.2, 0) is 6.54 Å². The highest BCUT2D eigenvalue weighted by molar-refractivity contribution is 14.0. The van der Waals surface area contributed by atoms with Gasteiger partial charge in [-0.05, 0) is 48.9 Å². The SMILES string of the molecule is CN=C(NCC1CCCN(Cc2cccs2)C1)N1CCN(c2ccccc2O)CC1.I. The van der Waals surface area contributed by atoms with Crippen LogP contribution in [0.2, 0.25) is 0 Å². The van der Waals surface area contributed by atoms with Gasteiger partial charge in [0.2, 0.25) is 0 Å². The molecule has 4 rings (SSSR count). The van der Waals surface area contributed by atoms with Crippen molar-refractivity contribution in [1.82, 2.24) is 15.1 Å². The average molecular weight is 556 g/mol. The van der Waals surface area contributed by atoms with Crippen LogP contribution in [0.4, 0.5) is 5.69 Å². The van der Waals surface area contributed by atoms with Gasteiger partial charge in [0, 0.05) is 57.7 Å². The zero-order valence-electron chi connectivity index (χ0n) is 18.2. The van der Waals surface area contributed by atoms with Gasteiger partial charge in [0.05, 0.1) is 5.69 Å². The van der Waals surface area contributed by atoms with Gasteiger partial charge in [-0.1, -0.05) is 18.2 Å². The molecule has 31 heavy (non-hydrogen) atoms. The highest BCUT2D eigenvalue weighted by atomic mass is 127. The van der Waals surface area contributed by atoms with E-state index in [0.717, 1.165) is 57.5 Å². The van der Waals surface area contributed by atoms with Crippen LogP contribution in [0.5, 0.6) is 5.75 Å². The lowest BCUT2D eigenvalue weighted by atomic mass is 9.98. The third-order valence-corrected chi connectivity index (χ3v) is 6.99. The van der Waals surface area contributed by atoms with E-state index in [1.54, 1.807) is 6.07 Å². The van der Waals surface area contributed by atoms with Gasteiger partial charge in [-0.3, -0.25) is 9.89 Å². The van der Waals surface area contributed by atoms with E-state index in [0.29, 0.717) is 11.7 Å². The number of guanidine groups is 1. The summed E-state index contributed by atoms with van der Waals surface area (Å²) < 4.78 is 0. The van der Waals surface area contributed by atoms with Gasteiger partial charge in [-0.2, -0.15) is 0 Å². The summed E-state index contributed by atoms with van der Waals surface area (Å²) in [6, 6.07) is 12.0. The summed E-state index contributed by atoms with van der Waals surface area (Å²) in [7, 11) is 1.88. The number of phenols is 1. The van der Waals surface area contributed by atoms with Gasteiger partial charge in [-0.25, -0.2) is 0 Å². The molecule has 0 spiro atoms. The monoisotopic (exact) mass is 555 g/mol. The predicted octanol–water partition coefficient (Wildman–Crippen LogP) is 3.68. The molecule has 0 amide bonds. The molecule has 2 aliphatic heterocycles. The van der Waals surface area contributed by atoms with Crippen LogP contribution < -0.4 is 10.2 Å². The fraction of sp³-hybridized carbons (Fsp3) is 0.522. The smallest absolute Gasteiger partial charge is 0.193 e. The largest absolute Gasteiger partial charge is 0.506 e. The number of piperidine rings is 1. The normalized spacial score (nSPS) is 20.4. The molecular weight excluding hydrogens is 521 g/mol. The third kappa shape index (κ3) is 6.49. The van der Waals surface area contributed by atoms with Gasteiger partial charge in [0.1, 0.15) is 5.75 Å². The van der Waals surface area contributed by atoms with E-state index < -0.39 is 0 Å². The number of nitrogens with zero attached hydrogens (tertiary/aromatic N) is 4. The minimum Gasteiger partial charge on any atom is -0.506 e. The summed E-state index contributed by atoms with van der Waals surface area (Å²) in [5, 5.41) is 15.9. The molecule has 0 bridgehead atoms. The van der Waals surface area contributed by atoms with Gasteiger partial charge >= 0.3 is 0 Å². The van der Waals surface area contributed by atoms with Crippen LogP contribution in [0.3, 0.4) is 0 Å². The average Bonchev–Trinajstić information content (AvgIpc) is 3.28. The maximum absolute atomic E-state index is 10.1. The first-order valence-corrected chi connectivity index (χ1v) is 11.8. The first kappa shape index (κ1) is 24.1. The second-order valence-corrected chi connectivity index (χ2v) is 9.25. The third-order valence-electron chi connectivity index (χ3n) is 6.12. The summed E-state index contributed by atoms with van der Waals surface area (Å²) in [6.07, 6.45) is 2.56. The molecule has 2 fully saturated rings. The predicted molar refractivity (Wildman–Crippen MR) is 141 cm³/mol. The van der Waals surface area contributed by atoms with Crippen molar-refractivity contribution in [3.05, 3.63) is 46.7 Å². The van der Waals surface area contributed by atoms with Crippen LogP contribution in [0.15, 0.2) is 46.8 Å². The molecular formula is C23H34IN5OS. The first-order chi connectivity index (χ1) is 14.7. The number of para-hydroxylation sites is 2. The molecule has 3 heterocycles. The Kier molecular flexibility index (Phi) is 9.28. The van der Waals surface area contributed by atoms with Gasteiger partial charge < -0.3 is 20.2 Å². The number of hydrogen-bond acceptors (Lipinski definition) is 5. The molecule has 2 saturated heterocycles. The number of aromatic hydroxyl groups is 1. The Morgan fingerprint density at radius 2 is 1.94 bits per heavy atom. The lowest BCUT2D eigenvalue weighted by molar-refractivity contribution is 0.169. The van der Waals surface area contributed by atoms with E-state index in [2.05, 4.69) is 42.5 Å². The van der Waals surface area contributed by atoms with E-state index >= 15 is 0 Å². The van der Waals surface area contributed by atoms with Crippen molar-refractivity contribution in [3.63, 3.8) is 0 Å². The number of piperazine rings is 1. The number of hydrogen-bond donors (Lipinski definition) is 2. The zero-order chi connectivity index (χ0) is 20.8. The molecule has 170 valence electrons. The molecule has 1 aromatic carbocycles. The zero-order valence-corrected chi connectivity index (χ0v) is 21.4. The number of phenolic OH excluding ortho intramolecular Hbond substituents is 1. The highest BCUT2D eigenvalue weighted by Gasteiger charge is 2.24. The molecule has 0 radical (unpaired) electrons. The van der Waals surface area contributed by atoms with E-state index in [9.17, 15) is 5.11 Å². The molecule has 1 unspecified atom stereocenters. The number of anilines is 1. The quantitative estimate of drug-likeness (QED) is 0.335. The number of aliphatic imine (C=N–C) groups is 1. The molecule has 8 heteroatoms. The van der Waals surface area contributed by atoms with Crippen molar-refractivity contribution < 1.29 is 5.11 Å². The Labute approximate surface area is 207 Å². The molecule has 1 aromatic heterocycles. The lowest BCUT2D eigenvalue weighted by Gasteiger charge is -2.38. The Morgan fingerprint density at radius 3 is 2.65 bits per heavy atom. The topological polar surface area (TPSA) is 54.3 Å². The van der Waals surface area contributed by atoms with E-state index in [4.69, 9.17) is 0 Å². The fourth-order valence-corrected chi connectivity index (χ4v) is 5.29. The minimum absolute atomic E-state index is 0.